The molecule has 0 radical (unpaired) electrons. The highest BCUT2D eigenvalue weighted by Gasteiger charge is 2.24. The molecule has 0 heterocycles. The molecule has 0 aliphatic rings. The lowest BCUT2D eigenvalue weighted by Gasteiger charge is -2.17. The molecule has 0 saturated heterocycles. The SMILES string of the molecule is CC(=O)NCCN/C=C(/C#N)C(=O)NC(C(=O)O)C(C)C. The van der Waals surface area contributed by atoms with Crippen molar-refractivity contribution in [2.45, 2.75) is 26.8 Å². The van der Waals surface area contributed by atoms with Crippen LogP contribution in [0.4, 0.5) is 0 Å². The number of carboxylic acids is 1. The Kier molecular flexibility index (Phi) is 8.22. The van der Waals surface area contributed by atoms with Gasteiger partial charge < -0.3 is 21.1 Å². The summed E-state index contributed by atoms with van der Waals surface area (Å²) < 4.78 is 0. The van der Waals surface area contributed by atoms with E-state index in [9.17, 15) is 14.4 Å². The summed E-state index contributed by atoms with van der Waals surface area (Å²) in [7, 11) is 0. The van der Waals surface area contributed by atoms with E-state index in [0.29, 0.717) is 13.1 Å². The molecular formula is C13H20N4O4. The molecule has 8 nitrogen and oxygen atoms in total. The van der Waals surface area contributed by atoms with Crippen molar-refractivity contribution in [1.82, 2.24) is 16.0 Å². The molecule has 1 atom stereocenters. The number of carbonyl (C=O) groups is 3. The Morgan fingerprint density at radius 3 is 2.33 bits per heavy atom. The Bertz CT molecular complexity index is 465. The van der Waals surface area contributed by atoms with Gasteiger partial charge in [0.1, 0.15) is 17.7 Å². The Labute approximate surface area is 123 Å². The van der Waals surface area contributed by atoms with Crippen molar-refractivity contribution in [2.24, 2.45) is 5.92 Å². The minimum atomic E-state index is -1.16. The summed E-state index contributed by atoms with van der Waals surface area (Å²) in [6, 6.07) is 0.630. The van der Waals surface area contributed by atoms with Gasteiger partial charge in [0.15, 0.2) is 0 Å². The van der Waals surface area contributed by atoms with Crippen molar-refractivity contribution in [3.05, 3.63) is 11.8 Å². The molecule has 21 heavy (non-hydrogen) atoms. The molecular weight excluding hydrogens is 276 g/mol. The van der Waals surface area contributed by atoms with E-state index in [1.54, 1.807) is 19.9 Å². The van der Waals surface area contributed by atoms with Crippen LogP contribution in [0.1, 0.15) is 20.8 Å². The number of nitrogens with zero attached hydrogens (tertiary/aromatic N) is 1. The number of hydrogen-bond donors (Lipinski definition) is 4. The van der Waals surface area contributed by atoms with Crippen molar-refractivity contribution in [3.8, 4) is 6.07 Å². The first-order valence-electron chi connectivity index (χ1n) is 6.41. The van der Waals surface area contributed by atoms with Gasteiger partial charge >= 0.3 is 5.97 Å². The molecule has 0 saturated carbocycles. The Balaban J connectivity index is 4.51. The third-order valence-electron chi connectivity index (χ3n) is 2.47. The molecule has 116 valence electrons. The van der Waals surface area contributed by atoms with Crippen molar-refractivity contribution in [1.29, 1.82) is 5.26 Å². The number of hydrogen-bond acceptors (Lipinski definition) is 5. The Morgan fingerprint density at radius 1 is 1.29 bits per heavy atom. The van der Waals surface area contributed by atoms with Crippen molar-refractivity contribution in [2.75, 3.05) is 13.1 Å². The molecule has 0 aromatic rings. The van der Waals surface area contributed by atoms with E-state index in [2.05, 4.69) is 16.0 Å². The average molecular weight is 296 g/mol. The van der Waals surface area contributed by atoms with E-state index in [0.717, 1.165) is 0 Å². The molecule has 0 aliphatic carbocycles. The molecule has 4 N–H and O–H groups in total. The van der Waals surface area contributed by atoms with Crippen LogP contribution in [-0.4, -0.2) is 42.0 Å². The molecule has 0 aliphatic heterocycles. The van der Waals surface area contributed by atoms with Crippen LogP contribution in [0, 0.1) is 17.2 Å². The molecule has 0 rings (SSSR count). The number of carboxylic acid groups (broad SMARTS) is 1. The summed E-state index contributed by atoms with van der Waals surface area (Å²) in [6.07, 6.45) is 1.19. The maximum absolute atomic E-state index is 11.8. The Hall–Kier alpha value is -2.56. The Morgan fingerprint density at radius 2 is 1.90 bits per heavy atom. The van der Waals surface area contributed by atoms with Crippen LogP contribution in [0.15, 0.2) is 11.8 Å². The first-order valence-corrected chi connectivity index (χ1v) is 6.41. The maximum atomic E-state index is 11.8. The predicted molar refractivity (Wildman–Crippen MR) is 74.8 cm³/mol. The lowest BCUT2D eigenvalue weighted by molar-refractivity contribution is -0.142. The average Bonchev–Trinajstić information content (AvgIpc) is 2.38. The van der Waals surface area contributed by atoms with Crippen LogP contribution in [-0.2, 0) is 14.4 Å². The van der Waals surface area contributed by atoms with Gasteiger partial charge in [-0.15, -0.1) is 0 Å². The minimum Gasteiger partial charge on any atom is -0.480 e. The number of nitrogens with one attached hydrogen (secondary N) is 3. The maximum Gasteiger partial charge on any atom is 0.326 e. The van der Waals surface area contributed by atoms with Crippen LogP contribution < -0.4 is 16.0 Å². The summed E-state index contributed by atoms with van der Waals surface area (Å²) in [5, 5.41) is 25.4. The quantitative estimate of drug-likeness (QED) is 0.267. The molecule has 1 unspecified atom stereocenters. The number of carbonyl (C=O) groups excluding carboxylic acids is 2. The largest absolute Gasteiger partial charge is 0.480 e. The van der Waals surface area contributed by atoms with Gasteiger partial charge in [0.2, 0.25) is 5.91 Å². The molecule has 0 bridgehead atoms. The van der Waals surface area contributed by atoms with E-state index in [1.165, 1.54) is 13.1 Å². The highest BCUT2D eigenvalue weighted by atomic mass is 16.4. The van der Waals surface area contributed by atoms with Crippen molar-refractivity contribution < 1.29 is 19.5 Å². The highest BCUT2D eigenvalue weighted by molar-refractivity contribution is 5.99. The number of amides is 2. The highest BCUT2D eigenvalue weighted by Crippen LogP contribution is 2.03. The fourth-order valence-electron chi connectivity index (χ4n) is 1.37. The minimum absolute atomic E-state index is 0.180. The summed E-state index contributed by atoms with van der Waals surface area (Å²) in [5.74, 6) is -2.40. The standard InChI is InChI=1S/C13H20N4O4/c1-8(2)11(13(20)21)17-12(19)10(6-14)7-15-4-5-16-9(3)18/h7-8,11,15H,4-5H2,1-3H3,(H,16,18)(H,17,19)(H,20,21)/b10-7-. The van der Waals surface area contributed by atoms with Gasteiger partial charge in [0.05, 0.1) is 0 Å². The topological polar surface area (TPSA) is 131 Å². The van der Waals surface area contributed by atoms with Gasteiger partial charge in [-0.05, 0) is 5.92 Å². The van der Waals surface area contributed by atoms with Gasteiger partial charge in [-0.3, -0.25) is 9.59 Å². The van der Waals surface area contributed by atoms with Crippen LogP contribution in [0.3, 0.4) is 0 Å². The summed E-state index contributed by atoms with van der Waals surface area (Å²) >= 11 is 0. The zero-order valence-electron chi connectivity index (χ0n) is 12.3. The molecule has 0 fully saturated rings. The third-order valence-corrected chi connectivity index (χ3v) is 2.47. The summed E-state index contributed by atoms with van der Waals surface area (Å²) in [6.45, 7) is 5.36. The van der Waals surface area contributed by atoms with Crippen molar-refractivity contribution >= 4 is 17.8 Å². The van der Waals surface area contributed by atoms with E-state index < -0.39 is 17.9 Å². The van der Waals surface area contributed by atoms with E-state index >= 15 is 0 Å². The monoisotopic (exact) mass is 296 g/mol. The summed E-state index contributed by atoms with van der Waals surface area (Å²) in [4.78, 5) is 33.4. The van der Waals surface area contributed by atoms with Gasteiger partial charge in [0, 0.05) is 26.2 Å². The normalized spacial score (nSPS) is 12.2. The first kappa shape index (κ1) is 18.4. The zero-order chi connectivity index (χ0) is 16.4. The van der Waals surface area contributed by atoms with Crippen LogP contribution in [0.2, 0.25) is 0 Å². The number of aliphatic carboxylic acids is 1. The van der Waals surface area contributed by atoms with E-state index in [1.807, 2.05) is 0 Å². The predicted octanol–water partition coefficient (Wildman–Crippen LogP) is -0.655. The molecule has 0 spiro atoms. The first-order chi connectivity index (χ1) is 9.79. The van der Waals surface area contributed by atoms with Gasteiger partial charge in [-0.25, -0.2) is 4.79 Å². The van der Waals surface area contributed by atoms with Gasteiger partial charge in [-0.1, -0.05) is 13.8 Å². The second-order valence-electron chi connectivity index (χ2n) is 4.64. The van der Waals surface area contributed by atoms with E-state index in [4.69, 9.17) is 10.4 Å². The lowest BCUT2D eigenvalue weighted by Crippen LogP contribution is -2.45. The van der Waals surface area contributed by atoms with E-state index in [-0.39, 0.29) is 17.4 Å². The fourth-order valence-corrected chi connectivity index (χ4v) is 1.37. The number of rotatable bonds is 8. The number of nitriles is 1. The zero-order valence-corrected chi connectivity index (χ0v) is 12.3. The van der Waals surface area contributed by atoms with Gasteiger partial charge in [0.25, 0.3) is 5.91 Å². The second-order valence-corrected chi connectivity index (χ2v) is 4.64. The smallest absolute Gasteiger partial charge is 0.326 e. The summed E-state index contributed by atoms with van der Waals surface area (Å²) in [5.41, 5.74) is -0.232. The molecule has 0 aromatic heterocycles. The lowest BCUT2D eigenvalue weighted by atomic mass is 10.0. The van der Waals surface area contributed by atoms with Crippen LogP contribution in [0.25, 0.3) is 0 Å². The third kappa shape index (κ3) is 7.57. The molecule has 8 heteroatoms. The van der Waals surface area contributed by atoms with Crippen LogP contribution >= 0.6 is 0 Å². The molecule has 0 aromatic carbocycles. The van der Waals surface area contributed by atoms with Gasteiger partial charge in [-0.2, -0.15) is 5.26 Å². The fraction of sp³-hybridized carbons (Fsp3) is 0.538. The van der Waals surface area contributed by atoms with Crippen molar-refractivity contribution in [3.63, 3.8) is 0 Å². The molecule has 2 amide bonds. The second kappa shape index (κ2) is 9.36. The van der Waals surface area contributed by atoms with Crippen LogP contribution in [0.5, 0.6) is 0 Å².